The maximum atomic E-state index is 3.37. The first-order valence-corrected chi connectivity index (χ1v) is 8.48. The summed E-state index contributed by atoms with van der Waals surface area (Å²) < 4.78 is 0. The van der Waals surface area contributed by atoms with Gasteiger partial charge in [-0.1, -0.05) is 100 Å². The summed E-state index contributed by atoms with van der Waals surface area (Å²) in [4.78, 5) is 0. The average Bonchev–Trinajstić information content (AvgIpc) is 2.63. The van der Waals surface area contributed by atoms with E-state index in [9.17, 15) is 0 Å². The quantitative estimate of drug-likeness (QED) is 0.559. The van der Waals surface area contributed by atoms with Crippen LogP contribution in [0.4, 0.5) is 0 Å². The molecular weight excluding hydrogens is 288 g/mol. The third-order valence-corrected chi connectivity index (χ3v) is 5.09. The van der Waals surface area contributed by atoms with Crippen molar-refractivity contribution in [2.24, 2.45) is 0 Å². The molecule has 3 rings (SSSR count). The minimum Gasteiger partial charge on any atom is -0.0619 e. The van der Waals surface area contributed by atoms with Gasteiger partial charge in [-0.15, -0.1) is 0 Å². The fourth-order valence-electron chi connectivity index (χ4n) is 3.18. The zero-order valence-electron chi connectivity index (χ0n) is 14.9. The van der Waals surface area contributed by atoms with E-state index in [2.05, 4.69) is 88.4 Å². The Bertz CT molecular complexity index is 708. The van der Waals surface area contributed by atoms with Gasteiger partial charge < -0.3 is 0 Å². The number of hydrogen-bond acceptors (Lipinski definition) is 0. The summed E-state index contributed by atoms with van der Waals surface area (Å²) in [6.45, 7) is 9.02. The lowest BCUT2D eigenvalue weighted by Crippen LogP contribution is -2.21. The molecule has 0 unspecified atom stereocenters. The molecule has 0 spiro atoms. The van der Waals surface area contributed by atoms with Gasteiger partial charge in [0.05, 0.1) is 0 Å². The smallest absolute Gasteiger partial charge is 0.0152 e. The zero-order valence-corrected chi connectivity index (χ0v) is 14.9. The predicted octanol–water partition coefficient (Wildman–Crippen LogP) is 5.94. The van der Waals surface area contributed by atoms with Gasteiger partial charge in [-0.2, -0.15) is 0 Å². The van der Waals surface area contributed by atoms with E-state index >= 15 is 0 Å². The molecule has 24 heavy (non-hydrogen) atoms. The molecule has 0 aromatic heterocycles. The van der Waals surface area contributed by atoms with E-state index in [1.807, 2.05) is 24.3 Å². The second-order valence-electron chi connectivity index (χ2n) is 7.38. The van der Waals surface area contributed by atoms with Gasteiger partial charge in [0, 0.05) is 10.8 Å². The summed E-state index contributed by atoms with van der Waals surface area (Å²) in [5, 5.41) is 0. The Morgan fingerprint density at radius 3 is 1.21 bits per heavy atom. The minimum absolute atomic E-state index is 0.0528. The van der Waals surface area contributed by atoms with Crippen molar-refractivity contribution in [3.8, 4) is 0 Å². The van der Waals surface area contributed by atoms with Gasteiger partial charge in [0.25, 0.3) is 0 Å². The highest BCUT2D eigenvalue weighted by Gasteiger charge is 2.26. The summed E-state index contributed by atoms with van der Waals surface area (Å²) in [7, 11) is 0. The van der Waals surface area contributed by atoms with E-state index in [1.54, 1.807) is 0 Å². The van der Waals surface area contributed by atoms with Crippen LogP contribution in [0.1, 0.15) is 49.9 Å². The minimum atomic E-state index is -0.0528. The summed E-state index contributed by atoms with van der Waals surface area (Å²) in [6.07, 6.45) is 0. The lowest BCUT2D eigenvalue weighted by molar-refractivity contribution is 0.625. The fraction of sp³-hybridized carbons (Fsp3) is 0.250. The largest absolute Gasteiger partial charge is 0.0619 e. The van der Waals surface area contributed by atoms with Crippen molar-refractivity contribution in [1.82, 2.24) is 0 Å². The Labute approximate surface area is 146 Å². The zero-order chi connectivity index (χ0) is 17.2. The summed E-state index contributed by atoms with van der Waals surface area (Å²) in [5.74, 6) is 0. The molecule has 0 amide bonds. The molecule has 0 heterocycles. The van der Waals surface area contributed by atoms with Crippen LogP contribution in [-0.2, 0) is 10.8 Å². The van der Waals surface area contributed by atoms with Crippen LogP contribution in [0.15, 0.2) is 72.8 Å². The van der Waals surface area contributed by atoms with Crippen LogP contribution in [-0.4, -0.2) is 0 Å². The highest BCUT2D eigenvalue weighted by atomic mass is 14.3. The highest BCUT2D eigenvalue weighted by molar-refractivity contribution is 5.42. The van der Waals surface area contributed by atoms with Crippen LogP contribution in [0, 0.1) is 12.1 Å². The van der Waals surface area contributed by atoms with Crippen molar-refractivity contribution in [3.63, 3.8) is 0 Å². The summed E-state index contributed by atoms with van der Waals surface area (Å²) >= 11 is 0. The molecule has 0 N–H and O–H groups in total. The molecule has 0 saturated heterocycles. The van der Waals surface area contributed by atoms with Gasteiger partial charge in [0.2, 0.25) is 0 Å². The lowest BCUT2D eigenvalue weighted by Gasteiger charge is -2.29. The van der Waals surface area contributed by atoms with Gasteiger partial charge in [0.15, 0.2) is 0 Å². The second kappa shape index (κ2) is 6.28. The molecule has 0 fully saturated rings. The molecule has 0 saturated carbocycles. The Morgan fingerprint density at radius 2 is 0.917 bits per heavy atom. The third-order valence-electron chi connectivity index (χ3n) is 5.09. The summed E-state index contributed by atoms with van der Waals surface area (Å²) in [5.41, 5.74) is 4.94. The number of hydrogen-bond donors (Lipinski definition) is 0. The topological polar surface area (TPSA) is 0 Å². The standard InChI is InChI=1S/C24H24/c1-23(2,19-11-7-5-8-12-19)21-15-17-22(18-16-21)24(3,4)20-13-9-6-10-14-20/h5-11,13,15-18H,1-4H3. The SMILES string of the molecule is CC(C)(c1[c]cccc1)c1ccc(C(C)(C)c2[c]cccc2)cc1. The van der Waals surface area contributed by atoms with E-state index in [0.717, 1.165) is 0 Å². The number of rotatable bonds is 4. The average molecular weight is 312 g/mol. The van der Waals surface area contributed by atoms with Crippen LogP contribution in [0.2, 0.25) is 0 Å². The molecule has 0 bridgehead atoms. The van der Waals surface area contributed by atoms with Crippen molar-refractivity contribution in [2.75, 3.05) is 0 Å². The fourth-order valence-corrected chi connectivity index (χ4v) is 3.18. The maximum Gasteiger partial charge on any atom is 0.0152 e. The van der Waals surface area contributed by atoms with Crippen molar-refractivity contribution in [3.05, 3.63) is 107 Å². The van der Waals surface area contributed by atoms with Gasteiger partial charge in [-0.05, 0) is 34.4 Å². The number of benzene rings is 3. The molecule has 0 heteroatoms. The first-order chi connectivity index (χ1) is 11.4. The first-order valence-electron chi connectivity index (χ1n) is 8.48. The molecule has 3 aromatic carbocycles. The van der Waals surface area contributed by atoms with Crippen LogP contribution < -0.4 is 0 Å². The van der Waals surface area contributed by atoms with Crippen LogP contribution in [0.3, 0.4) is 0 Å². The molecule has 0 aliphatic carbocycles. The predicted molar refractivity (Wildman–Crippen MR) is 101 cm³/mol. The van der Waals surface area contributed by atoms with Gasteiger partial charge in [0.1, 0.15) is 0 Å². The first kappa shape index (κ1) is 16.5. The molecule has 2 radical (unpaired) electrons. The molecule has 0 aliphatic rings. The van der Waals surface area contributed by atoms with E-state index in [1.165, 1.54) is 22.3 Å². The molecule has 0 nitrogen and oxygen atoms in total. The van der Waals surface area contributed by atoms with Crippen molar-refractivity contribution >= 4 is 0 Å². The van der Waals surface area contributed by atoms with Gasteiger partial charge in [-0.3, -0.25) is 0 Å². The Hall–Kier alpha value is -2.34. The van der Waals surface area contributed by atoms with Crippen LogP contribution >= 0.6 is 0 Å². The van der Waals surface area contributed by atoms with Crippen molar-refractivity contribution in [1.29, 1.82) is 0 Å². The normalized spacial score (nSPS) is 12.2. The lowest BCUT2D eigenvalue weighted by atomic mass is 9.75. The van der Waals surface area contributed by atoms with E-state index in [-0.39, 0.29) is 10.8 Å². The van der Waals surface area contributed by atoms with Crippen LogP contribution in [0.5, 0.6) is 0 Å². The Morgan fingerprint density at radius 1 is 0.542 bits per heavy atom. The Kier molecular flexibility index (Phi) is 4.32. The summed E-state index contributed by atoms with van der Waals surface area (Å²) in [6, 6.07) is 32.2. The van der Waals surface area contributed by atoms with Gasteiger partial charge in [-0.25, -0.2) is 0 Å². The molecule has 0 atom stereocenters. The van der Waals surface area contributed by atoms with E-state index < -0.39 is 0 Å². The van der Waals surface area contributed by atoms with Crippen molar-refractivity contribution in [2.45, 2.75) is 38.5 Å². The second-order valence-corrected chi connectivity index (χ2v) is 7.38. The van der Waals surface area contributed by atoms with E-state index in [0.29, 0.717) is 0 Å². The molecular formula is C24H24. The van der Waals surface area contributed by atoms with E-state index in [4.69, 9.17) is 0 Å². The monoisotopic (exact) mass is 312 g/mol. The molecule has 120 valence electrons. The molecule has 3 aromatic rings. The Balaban J connectivity index is 1.94. The van der Waals surface area contributed by atoms with Gasteiger partial charge >= 0.3 is 0 Å². The highest BCUT2D eigenvalue weighted by Crippen LogP contribution is 2.35. The van der Waals surface area contributed by atoms with Crippen LogP contribution in [0.25, 0.3) is 0 Å². The molecule has 0 aliphatic heterocycles. The van der Waals surface area contributed by atoms with Crippen molar-refractivity contribution < 1.29 is 0 Å². The maximum absolute atomic E-state index is 3.37. The third kappa shape index (κ3) is 3.01.